The second-order valence-corrected chi connectivity index (χ2v) is 14.3. The molecule has 0 atom stereocenters. The maximum Gasteiger partial charge on any atom is 0.335 e. The minimum atomic E-state index is -0.791. The van der Waals surface area contributed by atoms with Crippen LogP contribution in [-0.2, 0) is 19.8 Å². The molecule has 4 bridgehead atoms. The lowest BCUT2D eigenvalue weighted by Crippen LogP contribution is -2.54. The number of ether oxygens (including phenoxy) is 2. The third kappa shape index (κ3) is 6.06. The summed E-state index contributed by atoms with van der Waals surface area (Å²) in [7, 11) is 1.45. The standard InChI is InChI=1S/C37H36BrN3O6/c1-21-3-7-27(8-4-21)39-33(42)20-47-32-16-30(38)25(15-31(32)46-2)14-29-34(43)40-36(45)41(35(29)44)28-9-5-26(6-10-28)37-17-22-11-23(18-37)13-24(12-22)19-37/h3-10,14-16,22-24H,11-13,17-20H2,1-2H3,(H,39,42)(H,40,43,45)/b29-14+. The van der Waals surface area contributed by atoms with Crippen molar-refractivity contribution in [3.8, 4) is 11.5 Å². The first-order valence-corrected chi connectivity index (χ1v) is 16.8. The van der Waals surface area contributed by atoms with Gasteiger partial charge in [0.15, 0.2) is 18.1 Å². The fourth-order valence-corrected chi connectivity index (χ4v) is 8.82. The SMILES string of the molecule is COc1cc(/C=C2\C(=O)NC(=O)N(c3ccc(C45CC6CC(CC(C6)C4)C5)cc3)C2=O)c(Br)cc1OCC(=O)Nc1ccc(C)cc1. The molecule has 1 heterocycles. The van der Waals surface area contributed by atoms with E-state index < -0.39 is 17.8 Å². The topological polar surface area (TPSA) is 114 Å². The van der Waals surface area contributed by atoms with Gasteiger partial charge in [0.05, 0.1) is 12.8 Å². The zero-order chi connectivity index (χ0) is 32.9. The quantitative estimate of drug-likeness (QED) is 0.195. The lowest BCUT2D eigenvalue weighted by Gasteiger charge is -2.57. The number of nitrogens with one attached hydrogen (secondary N) is 2. The molecule has 5 fully saturated rings. The number of rotatable bonds is 8. The van der Waals surface area contributed by atoms with Crippen LogP contribution in [0.1, 0.15) is 55.2 Å². The Kier molecular flexibility index (Phi) is 8.16. The summed E-state index contributed by atoms with van der Waals surface area (Å²) in [6, 6.07) is 17.6. The van der Waals surface area contributed by atoms with Crippen LogP contribution in [0, 0.1) is 24.7 Å². The molecule has 5 aliphatic rings. The average molecular weight is 699 g/mol. The fourth-order valence-electron chi connectivity index (χ4n) is 8.39. The zero-order valence-corrected chi connectivity index (χ0v) is 27.9. The molecule has 3 aromatic rings. The van der Waals surface area contributed by atoms with Crippen molar-refractivity contribution in [3.63, 3.8) is 0 Å². The van der Waals surface area contributed by atoms with Gasteiger partial charge in [-0.1, -0.05) is 45.8 Å². The molecule has 47 heavy (non-hydrogen) atoms. The largest absolute Gasteiger partial charge is 0.493 e. The van der Waals surface area contributed by atoms with Gasteiger partial charge in [0, 0.05) is 10.2 Å². The van der Waals surface area contributed by atoms with Gasteiger partial charge in [0.1, 0.15) is 5.57 Å². The normalized spacial score (nSPS) is 25.6. The highest BCUT2D eigenvalue weighted by Crippen LogP contribution is 2.60. The molecule has 0 radical (unpaired) electrons. The summed E-state index contributed by atoms with van der Waals surface area (Å²) in [6.45, 7) is 1.70. The van der Waals surface area contributed by atoms with Crippen LogP contribution in [0.15, 0.2) is 70.7 Å². The summed E-state index contributed by atoms with van der Waals surface area (Å²) in [4.78, 5) is 53.1. The molecule has 8 rings (SSSR count). The highest BCUT2D eigenvalue weighted by atomic mass is 79.9. The maximum absolute atomic E-state index is 13.7. The second kappa shape index (κ2) is 12.3. The van der Waals surface area contributed by atoms with Gasteiger partial charge in [0.2, 0.25) is 0 Å². The number of hydrogen-bond donors (Lipinski definition) is 2. The van der Waals surface area contributed by atoms with Gasteiger partial charge in [-0.25, -0.2) is 9.69 Å². The number of nitrogens with zero attached hydrogens (tertiary/aromatic N) is 1. The summed E-state index contributed by atoms with van der Waals surface area (Å²) in [6.07, 6.45) is 9.11. The van der Waals surface area contributed by atoms with Crippen LogP contribution in [0.5, 0.6) is 11.5 Å². The van der Waals surface area contributed by atoms with Crippen molar-refractivity contribution >= 4 is 57.1 Å². The lowest BCUT2D eigenvalue weighted by atomic mass is 9.48. The Balaban J connectivity index is 1.08. The smallest absolute Gasteiger partial charge is 0.335 e. The summed E-state index contributed by atoms with van der Waals surface area (Å²) in [5.74, 6) is 1.12. The zero-order valence-electron chi connectivity index (χ0n) is 26.3. The van der Waals surface area contributed by atoms with E-state index in [2.05, 4.69) is 38.7 Å². The summed E-state index contributed by atoms with van der Waals surface area (Å²) in [5.41, 5.74) is 3.85. The number of anilines is 2. The van der Waals surface area contributed by atoms with E-state index in [0.717, 1.165) is 28.2 Å². The van der Waals surface area contributed by atoms with E-state index in [1.54, 1.807) is 12.1 Å². The number of barbiturate groups is 1. The fraction of sp³-hybridized carbons (Fsp3) is 0.351. The van der Waals surface area contributed by atoms with E-state index in [9.17, 15) is 19.2 Å². The molecule has 4 saturated carbocycles. The van der Waals surface area contributed by atoms with E-state index in [-0.39, 0.29) is 29.3 Å². The van der Waals surface area contributed by atoms with Gasteiger partial charge in [-0.3, -0.25) is 19.7 Å². The van der Waals surface area contributed by atoms with Crippen LogP contribution in [0.4, 0.5) is 16.2 Å². The minimum absolute atomic E-state index is 0.189. The molecule has 1 saturated heterocycles. The van der Waals surface area contributed by atoms with Crippen LogP contribution in [-0.4, -0.2) is 37.5 Å². The van der Waals surface area contributed by atoms with Crippen molar-refractivity contribution in [1.82, 2.24) is 5.32 Å². The highest BCUT2D eigenvalue weighted by Gasteiger charge is 2.51. The number of urea groups is 1. The Morgan fingerprint density at radius 1 is 0.957 bits per heavy atom. The van der Waals surface area contributed by atoms with Gasteiger partial charge in [-0.05, 0) is 122 Å². The Morgan fingerprint density at radius 3 is 2.21 bits per heavy atom. The molecule has 9 nitrogen and oxygen atoms in total. The van der Waals surface area contributed by atoms with Crippen molar-refractivity contribution in [1.29, 1.82) is 0 Å². The molecule has 0 unspecified atom stereocenters. The molecule has 2 N–H and O–H groups in total. The molecule has 1 aliphatic heterocycles. The number of amides is 5. The number of halogens is 1. The van der Waals surface area contributed by atoms with E-state index in [1.807, 2.05) is 43.3 Å². The van der Waals surface area contributed by atoms with E-state index in [0.29, 0.717) is 27.2 Å². The Morgan fingerprint density at radius 2 is 1.60 bits per heavy atom. The van der Waals surface area contributed by atoms with Crippen molar-refractivity contribution in [3.05, 3.63) is 87.4 Å². The van der Waals surface area contributed by atoms with Crippen molar-refractivity contribution in [2.75, 3.05) is 23.9 Å². The van der Waals surface area contributed by atoms with E-state index in [1.165, 1.54) is 57.3 Å². The third-order valence-corrected chi connectivity index (χ3v) is 10.8. The number of benzene rings is 3. The monoisotopic (exact) mass is 697 g/mol. The van der Waals surface area contributed by atoms with Gasteiger partial charge >= 0.3 is 6.03 Å². The number of methoxy groups -OCH3 is 1. The number of carbonyl (C=O) groups excluding carboxylic acids is 4. The molecule has 242 valence electrons. The van der Waals surface area contributed by atoms with Crippen molar-refractivity contribution in [2.45, 2.75) is 50.9 Å². The molecule has 10 heteroatoms. The van der Waals surface area contributed by atoms with Gasteiger partial charge in [-0.2, -0.15) is 0 Å². The highest BCUT2D eigenvalue weighted by molar-refractivity contribution is 9.10. The lowest BCUT2D eigenvalue weighted by molar-refractivity contribution is -0.122. The van der Waals surface area contributed by atoms with Crippen LogP contribution in [0.25, 0.3) is 6.08 Å². The van der Waals surface area contributed by atoms with Gasteiger partial charge in [0.25, 0.3) is 17.7 Å². The number of aryl methyl sites for hydroxylation is 1. The van der Waals surface area contributed by atoms with Crippen LogP contribution < -0.4 is 25.0 Å². The minimum Gasteiger partial charge on any atom is -0.493 e. The Bertz CT molecular complexity index is 1760. The van der Waals surface area contributed by atoms with Crippen LogP contribution in [0.2, 0.25) is 0 Å². The third-order valence-electron chi connectivity index (χ3n) is 10.2. The van der Waals surface area contributed by atoms with Gasteiger partial charge in [-0.15, -0.1) is 0 Å². The Labute approximate surface area is 281 Å². The summed E-state index contributed by atoms with van der Waals surface area (Å²) >= 11 is 3.49. The molecular weight excluding hydrogens is 662 g/mol. The predicted molar refractivity (Wildman–Crippen MR) is 181 cm³/mol. The van der Waals surface area contributed by atoms with Crippen molar-refractivity contribution in [2.24, 2.45) is 17.8 Å². The number of imide groups is 2. The predicted octanol–water partition coefficient (Wildman–Crippen LogP) is 6.92. The molecule has 0 aromatic heterocycles. The van der Waals surface area contributed by atoms with E-state index >= 15 is 0 Å². The first-order valence-electron chi connectivity index (χ1n) is 16.0. The molecular formula is C37H36BrN3O6. The maximum atomic E-state index is 13.7. The van der Waals surface area contributed by atoms with Crippen molar-refractivity contribution < 1.29 is 28.7 Å². The number of hydrogen-bond acceptors (Lipinski definition) is 6. The van der Waals surface area contributed by atoms with E-state index in [4.69, 9.17) is 9.47 Å². The summed E-state index contributed by atoms with van der Waals surface area (Å²) < 4.78 is 11.7. The molecule has 3 aromatic carbocycles. The molecule has 5 amide bonds. The summed E-state index contributed by atoms with van der Waals surface area (Å²) in [5, 5.41) is 5.09. The number of carbonyl (C=O) groups is 4. The molecule has 4 aliphatic carbocycles. The first kappa shape index (κ1) is 31.2. The van der Waals surface area contributed by atoms with Crippen LogP contribution in [0.3, 0.4) is 0 Å². The Hall–Kier alpha value is -4.44. The second-order valence-electron chi connectivity index (χ2n) is 13.4. The molecule has 0 spiro atoms. The first-order chi connectivity index (χ1) is 22.6. The van der Waals surface area contributed by atoms with Gasteiger partial charge < -0.3 is 14.8 Å². The van der Waals surface area contributed by atoms with Crippen LogP contribution >= 0.6 is 15.9 Å². The average Bonchev–Trinajstić information content (AvgIpc) is 3.03.